The van der Waals surface area contributed by atoms with E-state index >= 15 is 0 Å². The van der Waals surface area contributed by atoms with E-state index in [1.807, 2.05) is 0 Å². The van der Waals surface area contributed by atoms with Crippen LogP contribution >= 0.6 is 0 Å². The minimum Gasteiger partial charge on any atom is -0.480 e. The first kappa shape index (κ1) is 13.5. The van der Waals surface area contributed by atoms with Gasteiger partial charge in [0.2, 0.25) is 0 Å². The van der Waals surface area contributed by atoms with Crippen LogP contribution in [0.15, 0.2) is 0 Å². The summed E-state index contributed by atoms with van der Waals surface area (Å²) in [5, 5.41) is 12.1. The Morgan fingerprint density at radius 3 is 2.31 bits per heavy atom. The maximum Gasteiger partial charge on any atom is 0.329 e. The molecule has 0 unspecified atom stereocenters. The third-order valence-corrected chi connectivity index (χ3v) is 2.75. The molecule has 0 bridgehead atoms. The lowest BCUT2D eigenvalue weighted by molar-refractivity contribution is -0.145. The fourth-order valence-corrected chi connectivity index (χ4v) is 2.18. The van der Waals surface area contributed by atoms with E-state index in [1.54, 1.807) is 0 Å². The molecule has 4 nitrogen and oxygen atoms in total. The van der Waals surface area contributed by atoms with Crippen molar-refractivity contribution in [1.29, 1.82) is 0 Å². The first-order valence-electron chi connectivity index (χ1n) is 5.98. The summed E-state index contributed by atoms with van der Waals surface area (Å²) >= 11 is 0. The zero-order chi connectivity index (χ0) is 12.2. The van der Waals surface area contributed by atoms with Crippen molar-refractivity contribution in [2.45, 2.75) is 64.1 Å². The number of carboxylic acids is 1. The predicted molar refractivity (Wildman–Crippen MR) is 62.5 cm³/mol. The van der Waals surface area contributed by atoms with Crippen molar-refractivity contribution in [2.24, 2.45) is 0 Å². The Balaban J connectivity index is 2.21. The molecule has 1 fully saturated rings. The van der Waals surface area contributed by atoms with E-state index in [0.29, 0.717) is 6.04 Å². The minimum atomic E-state index is -0.880. The number of nitrogens with one attached hydrogen (secondary N) is 1. The van der Waals surface area contributed by atoms with Crippen LogP contribution in [0.25, 0.3) is 0 Å². The largest absolute Gasteiger partial charge is 0.480 e. The van der Waals surface area contributed by atoms with E-state index in [1.165, 1.54) is 0 Å². The third-order valence-electron chi connectivity index (χ3n) is 2.75. The van der Waals surface area contributed by atoms with Crippen LogP contribution in [-0.2, 0) is 9.53 Å². The lowest BCUT2D eigenvalue weighted by atomic mass is 9.91. The molecule has 0 amide bonds. The van der Waals surface area contributed by atoms with Crippen LogP contribution in [0.5, 0.6) is 0 Å². The number of ether oxygens (including phenoxy) is 1. The standard InChI is InChI=1S/C12H23NO3/c1-12(2,3)13-9-4-6-10(7-5-9)16-8-11(14)15/h9-10,13H,4-8H2,1-3H3,(H,14,15). The van der Waals surface area contributed by atoms with E-state index in [-0.39, 0.29) is 18.2 Å². The molecule has 16 heavy (non-hydrogen) atoms. The summed E-state index contributed by atoms with van der Waals surface area (Å²) in [6, 6.07) is 0.546. The molecular formula is C12H23NO3. The van der Waals surface area contributed by atoms with Crippen LogP contribution in [0.2, 0.25) is 0 Å². The Kier molecular flexibility index (Phi) is 4.74. The predicted octanol–water partition coefficient (Wildman–Crippen LogP) is 1.79. The van der Waals surface area contributed by atoms with Crippen LogP contribution < -0.4 is 5.32 Å². The van der Waals surface area contributed by atoms with Gasteiger partial charge >= 0.3 is 5.97 Å². The lowest BCUT2D eigenvalue weighted by Crippen LogP contribution is -2.46. The van der Waals surface area contributed by atoms with Gasteiger partial charge in [0.15, 0.2) is 0 Å². The molecular weight excluding hydrogens is 206 g/mol. The minimum absolute atomic E-state index is 0.133. The molecule has 0 aromatic rings. The van der Waals surface area contributed by atoms with Gasteiger partial charge in [-0.15, -0.1) is 0 Å². The molecule has 0 aromatic carbocycles. The van der Waals surface area contributed by atoms with Gasteiger partial charge in [-0.1, -0.05) is 0 Å². The molecule has 0 saturated heterocycles. The summed E-state index contributed by atoms with van der Waals surface area (Å²) in [7, 11) is 0. The van der Waals surface area contributed by atoms with Crippen LogP contribution in [0.3, 0.4) is 0 Å². The van der Waals surface area contributed by atoms with Crippen molar-refractivity contribution >= 4 is 5.97 Å². The Morgan fingerprint density at radius 1 is 1.31 bits per heavy atom. The van der Waals surface area contributed by atoms with Gasteiger partial charge in [0.25, 0.3) is 0 Å². The molecule has 1 rings (SSSR count). The maximum atomic E-state index is 10.4. The highest BCUT2D eigenvalue weighted by Crippen LogP contribution is 2.22. The number of carbonyl (C=O) groups is 1. The zero-order valence-corrected chi connectivity index (χ0v) is 10.5. The van der Waals surface area contributed by atoms with Gasteiger partial charge in [-0.3, -0.25) is 0 Å². The summed E-state index contributed by atoms with van der Waals surface area (Å²) in [5.74, 6) is -0.880. The number of carboxylic acid groups (broad SMARTS) is 1. The molecule has 4 heteroatoms. The molecule has 1 aliphatic rings. The van der Waals surface area contributed by atoms with E-state index in [9.17, 15) is 4.79 Å². The molecule has 0 atom stereocenters. The van der Waals surface area contributed by atoms with E-state index in [4.69, 9.17) is 9.84 Å². The van der Waals surface area contributed by atoms with Crippen molar-refractivity contribution in [1.82, 2.24) is 5.32 Å². The van der Waals surface area contributed by atoms with Gasteiger partial charge < -0.3 is 15.2 Å². The molecule has 1 saturated carbocycles. The Labute approximate surface area is 97.4 Å². The zero-order valence-electron chi connectivity index (χ0n) is 10.5. The lowest BCUT2D eigenvalue weighted by Gasteiger charge is -2.34. The van der Waals surface area contributed by atoms with Crippen LogP contribution in [0.1, 0.15) is 46.5 Å². The topological polar surface area (TPSA) is 58.6 Å². The Hall–Kier alpha value is -0.610. The fraction of sp³-hybridized carbons (Fsp3) is 0.917. The number of hydrogen-bond acceptors (Lipinski definition) is 3. The smallest absolute Gasteiger partial charge is 0.329 e. The van der Waals surface area contributed by atoms with Crippen molar-refractivity contribution < 1.29 is 14.6 Å². The van der Waals surface area contributed by atoms with Crippen molar-refractivity contribution in [2.75, 3.05) is 6.61 Å². The summed E-state index contributed by atoms with van der Waals surface area (Å²) in [6.45, 7) is 6.34. The third kappa shape index (κ3) is 5.47. The van der Waals surface area contributed by atoms with Crippen molar-refractivity contribution in [3.63, 3.8) is 0 Å². The number of rotatable bonds is 4. The molecule has 2 N–H and O–H groups in total. The van der Waals surface area contributed by atoms with E-state index < -0.39 is 5.97 Å². The average Bonchev–Trinajstić information content (AvgIpc) is 2.14. The molecule has 94 valence electrons. The molecule has 0 aromatic heterocycles. The second-order valence-corrected chi connectivity index (χ2v) is 5.57. The van der Waals surface area contributed by atoms with Crippen molar-refractivity contribution in [3.05, 3.63) is 0 Å². The molecule has 0 aliphatic heterocycles. The molecule has 0 heterocycles. The van der Waals surface area contributed by atoms with Gasteiger partial charge in [-0.2, -0.15) is 0 Å². The highest BCUT2D eigenvalue weighted by atomic mass is 16.5. The highest BCUT2D eigenvalue weighted by molar-refractivity contribution is 5.68. The first-order valence-corrected chi connectivity index (χ1v) is 5.98. The van der Waals surface area contributed by atoms with Crippen LogP contribution in [0.4, 0.5) is 0 Å². The second-order valence-electron chi connectivity index (χ2n) is 5.57. The Morgan fingerprint density at radius 2 is 1.88 bits per heavy atom. The van der Waals surface area contributed by atoms with Gasteiger partial charge in [0, 0.05) is 11.6 Å². The van der Waals surface area contributed by atoms with Gasteiger partial charge in [0.1, 0.15) is 6.61 Å². The van der Waals surface area contributed by atoms with E-state index in [2.05, 4.69) is 26.1 Å². The summed E-state index contributed by atoms with van der Waals surface area (Å²) in [5.41, 5.74) is 0.152. The van der Waals surface area contributed by atoms with Gasteiger partial charge in [-0.25, -0.2) is 4.79 Å². The van der Waals surface area contributed by atoms with Gasteiger partial charge in [0.05, 0.1) is 6.10 Å². The quantitative estimate of drug-likeness (QED) is 0.771. The van der Waals surface area contributed by atoms with Crippen LogP contribution in [0, 0.1) is 0 Å². The fourth-order valence-electron chi connectivity index (χ4n) is 2.18. The average molecular weight is 229 g/mol. The van der Waals surface area contributed by atoms with Crippen LogP contribution in [-0.4, -0.2) is 35.4 Å². The summed E-state index contributed by atoms with van der Waals surface area (Å²) in [6.07, 6.45) is 4.19. The monoisotopic (exact) mass is 229 g/mol. The Bertz CT molecular complexity index is 227. The number of aliphatic carboxylic acids is 1. The van der Waals surface area contributed by atoms with E-state index in [0.717, 1.165) is 25.7 Å². The SMILES string of the molecule is CC(C)(C)NC1CCC(OCC(=O)O)CC1. The maximum absolute atomic E-state index is 10.4. The molecule has 0 spiro atoms. The summed E-state index contributed by atoms with van der Waals surface area (Å²) < 4.78 is 5.30. The van der Waals surface area contributed by atoms with Crippen molar-refractivity contribution in [3.8, 4) is 0 Å². The second kappa shape index (κ2) is 5.64. The van der Waals surface area contributed by atoms with Gasteiger partial charge in [-0.05, 0) is 46.5 Å². The first-order chi connectivity index (χ1) is 7.37. The number of hydrogen-bond donors (Lipinski definition) is 2. The molecule has 0 radical (unpaired) electrons. The highest BCUT2D eigenvalue weighted by Gasteiger charge is 2.24. The summed E-state index contributed by atoms with van der Waals surface area (Å²) in [4.78, 5) is 10.4. The normalized spacial score (nSPS) is 26.7. The molecule has 1 aliphatic carbocycles.